The summed E-state index contributed by atoms with van der Waals surface area (Å²) in [5.74, 6) is -0.784. The molecule has 1 aromatic heterocycles. The molecule has 0 saturated heterocycles. The first-order valence-corrected chi connectivity index (χ1v) is 6.45. The smallest absolute Gasteiger partial charge is 0.340 e. The molecule has 5 nitrogen and oxygen atoms in total. The van der Waals surface area contributed by atoms with E-state index in [2.05, 4.69) is 11.6 Å². The zero-order valence-corrected chi connectivity index (χ0v) is 12.0. The largest absolute Gasteiger partial charge is 0.465 e. The molecule has 1 aromatic rings. The molecule has 1 aliphatic heterocycles. The van der Waals surface area contributed by atoms with Crippen LogP contribution in [0.4, 0.5) is 0 Å². The predicted octanol–water partition coefficient (Wildman–Crippen LogP) is 1.94. The van der Waals surface area contributed by atoms with E-state index in [1.807, 2.05) is 6.07 Å². The van der Waals surface area contributed by atoms with Crippen molar-refractivity contribution < 1.29 is 14.3 Å². The quantitative estimate of drug-likeness (QED) is 0.481. The molecule has 1 aliphatic rings. The number of hydrogen-bond acceptors (Lipinski definition) is 4. The van der Waals surface area contributed by atoms with Gasteiger partial charge in [-0.2, -0.15) is 0 Å². The molecule has 0 fully saturated rings. The highest BCUT2D eigenvalue weighted by atomic mass is 16.5. The molecule has 2 rings (SSSR count). The molecule has 2 heterocycles. The molecule has 0 aromatic carbocycles. The van der Waals surface area contributed by atoms with Gasteiger partial charge in [0.1, 0.15) is 0 Å². The normalized spacial score (nSPS) is 16.6. The van der Waals surface area contributed by atoms with Crippen molar-refractivity contribution in [3.05, 3.63) is 59.6 Å². The molecule has 0 spiro atoms. The first-order valence-electron chi connectivity index (χ1n) is 6.45. The highest BCUT2D eigenvalue weighted by Gasteiger charge is 2.36. The van der Waals surface area contributed by atoms with Gasteiger partial charge >= 0.3 is 5.97 Å². The standard InChI is InChI=1S/C16H16N2O3/c1-4-9-18-11(2)14(16(20)21-3)13(15(18)19)10-12-7-5-6-8-17-12/h4-8,10H,1,9H2,2-3H3. The van der Waals surface area contributed by atoms with Crippen molar-refractivity contribution in [2.24, 2.45) is 0 Å². The lowest BCUT2D eigenvalue weighted by Crippen LogP contribution is -2.25. The summed E-state index contributed by atoms with van der Waals surface area (Å²) in [6.45, 7) is 5.68. The van der Waals surface area contributed by atoms with Crippen molar-refractivity contribution in [3.8, 4) is 0 Å². The van der Waals surface area contributed by atoms with Crippen LogP contribution >= 0.6 is 0 Å². The van der Waals surface area contributed by atoms with Crippen LogP contribution in [-0.2, 0) is 14.3 Å². The molecule has 21 heavy (non-hydrogen) atoms. The maximum atomic E-state index is 12.5. The molecule has 0 aliphatic carbocycles. The minimum atomic E-state index is -0.533. The number of methoxy groups -OCH3 is 1. The van der Waals surface area contributed by atoms with E-state index >= 15 is 0 Å². The topological polar surface area (TPSA) is 59.5 Å². The van der Waals surface area contributed by atoms with E-state index in [1.165, 1.54) is 12.0 Å². The number of pyridine rings is 1. The second-order valence-electron chi connectivity index (χ2n) is 4.47. The van der Waals surface area contributed by atoms with Crippen LogP contribution in [0.2, 0.25) is 0 Å². The van der Waals surface area contributed by atoms with Crippen molar-refractivity contribution in [2.45, 2.75) is 6.92 Å². The minimum absolute atomic E-state index is 0.251. The fraction of sp³-hybridized carbons (Fsp3) is 0.188. The Bertz CT molecular complexity index is 645. The number of nitrogens with zero attached hydrogens (tertiary/aromatic N) is 2. The van der Waals surface area contributed by atoms with E-state index in [0.29, 0.717) is 23.5 Å². The van der Waals surface area contributed by atoms with Gasteiger partial charge in [0, 0.05) is 18.4 Å². The Morgan fingerprint density at radius 2 is 2.24 bits per heavy atom. The Morgan fingerprint density at radius 3 is 2.81 bits per heavy atom. The Kier molecular flexibility index (Phi) is 4.33. The fourth-order valence-electron chi connectivity index (χ4n) is 2.19. The second kappa shape index (κ2) is 6.17. The average molecular weight is 284 g/mol. The van der Waals surface area contributed by atoms with Gasteiger partial charge in [0.15, 0.2) is 0 Å². The number of ether oxygens (including phenoxy) is 1. The van der Waals surface area contributed by atoms with Gasteiger partial charge in [-0.3, -0.25) is 9.78 Å². The molecule has 0 N–H and O–H groups in total. The first-order chi connectivity index (χ1) is 10.1. The average Bonchev–Trinajstić information content (AvgIpc) is 2.73. The van der Waals surface area contributed by atoms with Crippen molar-refractivity contribution in [1.29, 1.82) is 0 Å². The van der Waals surface area contributed by atoms with Crippen LogP contribution in [0, 0.1) is 0 Å². The lowest BCUT2D eigenvalue weighted by atomic mass is 10.1. The number of amides is 1. The van der Waals surface area contributed by atoms with Gasteiger partial charge in [-0.05, 0) is 25.1 Å². The molecule has 0 saturated carbocycles. The third kappa shape index (κ3) is 2.76. The molecule has 0 bridgehead atoms. The zero-order chi connectivity index (χ0) is 15.4. The Morgan fingerprint density at radius 1 is 1.48 bits per heavy atom. The lowest BCUT2D eigenvalue weighted by Gasteiger charge is -2.14. The summed E-state index contributed by atoms with van der Waals surface area (Å²) in [6, 6.07) is 5.36. The molecular weight excluding hydrogens is 268 g/mol. The number of esters is 1. The van der Waals surface area contributed by atoms with Gasteiger partial charge in [0.05, 0.1) is 23.9 Å². The summed E-state index contributed by atoms with van der Waals surface area (Å²) in [6.07, 6.45) is 4.84. The molecule has 5 heteroatoms. The maximum Gasteiger partial charge on any atom is 0.340 e. The van der Waals surface area contributed by atoms with Crippen molar-refractivity contribution in [1.82, 2.24) is 9.88 Å². The molecule has 0 atom stereocenters. The number of aromatic nitrogens is 1. The number of hydrogen-bond donors (Lipinski definition) is 0. The number of carbonyl (C=O) groups is 2. The van der Waals surface area contributed by atoms with Crippen molar-refractivity contribution in [3.63, 3.8) is 0 Å². The number of carbonyl (C=O) groups excluding carboxylic acids is 2. The minimum Gasteiger partial charge on any atom is -0.465 e. The Balaban J connectivity index is 2.52. The molecule has 0 radical (unpaired) electrons. The molecule has 108 valence electrons. The summed E-state index contributed by atoms with van der Waals surface area (Å²) in [7, 11) is 1.29. The lowest BCUT2D eigenvalue weighted by molar-refractivity contribution is -0.136. The van der Waals surface area contributed by atoms with Crippen LogP contribution in [-0.4, -0.2) is 35.4 Å². The summed E-state index contributed by atoms with van der Waals surface area (Å²) >= 11 is 0. The van der Waals surface area contributed by atoms with Crippen LogP contribution in [0.5, 0.6) is 0 Å². The Labute approximate surface area is 123 Å². The first kappa shape index (κ1) is 14.7. The van der Waals surface area contributed by atoms with Crippen LogP contribution in [0.3, 0.4) is 0 Å². The van der Waals surface area contributed by atoms with E-state index in [1.54, 1.807) is 37.4 Å². The van der Waals surface area contributed by atoms with Gasteiger partial charge in [-0.1, -0.05) is 12.1 Å². The van der Waals surface area contributed by atoms with Gasteiger partial charge in [-0.15, -0.1) is 6.58 Å². The summed E-state index contributed by atoms with van der Waals surface area (Å²) in [4.78, 5) is 30.1. The van der Waals surface area contributed by atoms with Crippen molar-refractivity contribution in [2.75, 3.05) is 13.7 Å². The summed E-state index contributed by atoms with van der Waals surface area (Å²) in [5.41, 5.74) is 1.74. The van der Waals surface area contributed by atoms with E-state index in [-0.39, 0.29) is 11.5 Å². The van der Waals surface area contributed by atoms with E-state index in [9.17, 15) is 9.59 Å². The van der Waals surface area contributed by atoms with Gasteiger partial charge in [0.25, 0.3) is 5.91 Å². The van der Waals surface area contributed by atoms with E-state index < -0.39 is 5.97 Å². The van der Waals surface area contributed by atoms with Crippen LogP contribution < -0.4 is 0 Å². The monoisotopic (exact) mass is 284 g/mol. The maximum absolute atomic E-state index is 12.5. The highest BCUT2D eigenvalue weighted by molar-refractivity contribution is 6.16. The predicted molar refractivity (Wildman–Crippen MR) is 78.8 cm³/mol. The zero-order valence-electron chi connectivity index (χ0n) is 12.0. The SMILES string of the molecule is C=CCN1C(=O)C(=Cc2ccccn2)C(C(=O)OC)=C1C. The molecular formula is C16H16N2O3. The Hall–Kier alpha value is -2.69. The van der Waals surface area contributed by atoms with Gasteiger partial charge in [-0.25, -0.2) is 4.79 Å². The van der Waals surface area contributed by atoms with E-state index in [4.69, 9.17) is 4.74 Å². The van der Waals surface area contributed by atoms with Crippen LogP contribution in [0.25, 0.3) is 6.08 Å². The number of allylic oxidation sites excluding steroid dienone is 1. The number of rotatable bonds is 4. The molecule has 0 unspecified atom stereocenters. The van der Waals surface area contributed by atoms with Gasteiger partial charge < -0.3 is 9.64 Å². The van der Waals surface area contributed by atoms with E-state index in [0.717, 1.165) is 0 Å². The van der Waals surface area contributed by atoms with Crippen LogP contribution in [0.15, 0.2) is 53.9 Å². The molecule has 1 amide bonds. The third-order valence-electron chi connectivity index (χ3n) is 3.19. The van der Waals surface area contributed by atoms with Crippen molar-refractivity contribution >= 4 is 18.0 Å². The fourth-order valence-corrected chi connectivity index (χ4v) is 2.19. The van der Waals surface area contributed by atoms with Gasteiger partial charge in [0.2, 0.25) is 0 Å². The highest BCUT2D eigenvalue weighted by Crippen LogP contribution is 2.31. The summed E-state index contributed by atoms with van der Waals surface area (Å²) < 4.78 is 4.78. The third-order valence-corrected chi connectivity index (χ3v) is 3.19. The van der Waals surface area contributed by atoms with Crippen LogP contribution in [0.1, 0.15) is 12.6 Å². The summed E-state index contributed by atoms with van der Waals surface area (Å²) in [5, 5.41) is 0. The second-order valence-corrected chi connectivity index (χ2v) is 4.47.